The van der Waals surface area contributed by atoms with Gasteiger partial charge in [0.15, 0.2) is 0 Å². The molecule has 26 heavy (non-hydrogen) atoms. The van der Waals surface area contributed by atoms with Gasteiger partial charge < -0.3 is 9.84 Å². The highest BCUT2D eigenvalue weighted by atomic mass is 16.5. The molecule has 0 saturated heterocycles. The molecule has 1 N–H and O–H groups in total. The Kier molecular flexibility index (Phi) is 5.89. The molecule has 0 aliphatic heterocycles. The molecule has 3 heteroatoms. The van der Waals surface area contributed by atoms with Crippen LogP contribution >= 0.6 is 0 Å². The van der Waals surface area contributed by atoms with Crippen molar-refractivity contribution in [1.29, 1.82) is 0 Å². The number of hydrogen-bond acceptors (Lipinski definition) is 3. The fourth-order valence-electron chi connectivity index (χ4n) is 3.51. The topological polar surface area (TPSA) is 42.4 Å². The van der Waals surface area contributed by atoms with Gasteiger partial charge in [-0.15, -0.1) is 0 Å². The van der Waals surface area contributed by atoms with E-state index in [2.05, 4.69) is 31.2 Å². The minimum Gasteiger partial charge on any atom is -0.508 e. The second kappa shape index (κ2) is 8.33. The molecule has 0 atom stereocenters. The average Bonchev–Trinajstić information content (AvgIpc) is 2.66. The van der Waals surface area contributed by atoms with Gasteiger partial charge in [-0.2, -0.15) is 0 Å². The molecule has 0 aliphatic carbocycles. The van der Waals surface area contributed by atoms with E-state index in [1.807, 2.05) is 26.1 Å². The summed E-state index contributed by atoms with van der Waals surface area (Å²) in [6.07, 6.45) is 5.16. The molecule has 3 aromatic rings. The first kappa shape index (κ1) is 18.4. The molecule has 0 amide bonds. The summed E-state index contributed by atoms with van der Waals surface area (Å²) < 4.78 is 5.43. The van der Waals surface area contributed by atoms with E-state index in [9.17, 15) is 5.11 Å². The van der Waals surface area contributed by atoms with Gasteiger partial charge in [0.1, 0.15) is 5.75 Å². The molecule has 0 fully saturated rings. The molecule has 0 aliphatic rings. The van der Waals surface area contributed by atoms with Gasteiger partial charge in [0, 0.05) is 35.9 Å². The van der Waals surface area contributed by atoms with Crippen LogP contribution in [0.15, 0.2) is 42.6 Å². The van der Waals surface area contributed by atoms with Crippen LogP contribution in [0.2, 0.25) is 0 Å². The molecule has 0 radical (unpaired) electrons. The van der Waals surface area contributed by atoms with Crippen LogP contribution in [0.5, 0.6) is 5.75 Å². The molecule has 1 aromatic heterocycles. The number of ether oxygens (including phenoxy) is 1. The van der Waals surface area contributed by atoms with Gasteiger partial charge in [0.25, 0.3) is 0 Å². The molecular formula is C23H27NO2. The number of benzene rings is 2. The molecule has 0 saturated carbocycles. The number of phenolic OH excluding ortho intramolecular Hbond substituents is 1. The zero-order valence-electron chi connectivity index (χ0n) is 15.9. The summed E-state index contributed by atoms with van der Waals surface area (Å²) in [5.74, 6) is 0.316. The minimum absolute atomic E-state index is 0.316. The second-order valence-corrected chi connectivity index (χ2v) is 6.73. The Morgan fingerprint density at radius 2 is 1.77 bits per heavy atom. The van der Waals surface area contributed by atoms with Crippen molar-refractivity contribution in [2.45, 2.75) is 40.0 Å². The number of aromatic nitrogens is 1. The first-order valence-corrected chi connectivity index (χ1v) is 9.37. The van der Waals surface area contributed by atoms with Crippen LogP contribution in [0.25, 0.3) is 22.0 Å². The van der Waals surface area contributed by atoms with Crippen molar-refractivity contribution in [3.8, 4) is 17.0 Å². The van der Waals surface area contributed by atoms with E-state index >= 15 is 0 Å². The number of fused-ring (bicyclic) bond motifs is 1. The van der Waals surface area contributed by atoms with E-state index in [0.29, 0.717) is 5.75 Å². The third kappa shape index (κ3) is 3.73. The maximum absolute atomic E-state index is 10.2. The Labute approximate surface area is 155 Å². The van der Waals surface area contributed by atoms with Gasteiger partial charge >= 0.3 is 0 Å². The predicted octanol–water partition coefficient (Wildman–Crippen LogP) is 5.58. The van der Waals surface area contributed by atoms with Crippen LogP contribution in [0.3, 0.4) is 0 Å². The number of hydrogen-bond donors (Lipinski definition) is 1. The second-order valence-electron chi connectivity index (χ2n) is 6.73. The molecule has 0 bridgehead atoms. The lowest BCUT2D eigenvalue weighted by atomic mass is 9.93. The zero-order valence-corrected chi connectivity index (χ0v) is 15.9. The smallest absolute Gasteiger partial charge is 0.119 e. The largest absolute Gasteiger partial charge is 0.508 e. The Bertz CT molecular complexity index is 902. The van der Waals surface area contributed by atoms with Crippen molar-refractivity contribution in [2.24, 2.45) is 0 Å². The van der Waals surface area contributed by atoms with Gasteiger partial charge in [-0.05, 0) is 62.6 Å². The molecule has 2 aromatic carbocycles. The number of aryl methyl sites for hydroxylation is 2. The predicted molar refractivity (Wildman–Crippen MR) is 108 cm³/mol. The van der Waals surface area contributed by atoms with Crippen LogP contribution in [0, 0.1) is 13.8 Å². The van der Waals surface area contributed by atoms with Crippen molar-refractivity contribution in [2.75, 3.05) is 13.2 Å². The fraction of sp³-hybridized carbons (Fsp3) is 0.348. The van der Waals surface area contributed by atoms with Crippen molar-refractivity contribution in [1.82, 2.24) is 4.98 Å². The number of unbranched alkanes of at least 4 members (excludes halogenated alkanes) is 1. The SMILES string of the molecule is CCOCCCCc1cnc(-c2c(C)ccc(O)c2C)c2ccccc12. The van der Waals surface area contributed by atoms with Gasteiger partial charge in [0.2, 0.25) is 0 Å². The zero-order chi connectivity index (χ0) is 18.5. The normalized spacial score (nSPS) is 11.2. The lowest BCUT2D eigenvalue weighted by Crippen LogP contribution is -1.98. The minimum atomic E-state index is 0.316. The highest BCUT2D eigenvalue weighted by Crippen LogP contribution is 2.36. The fourth-order valence-corrected chi connectivity index (χ4v) is 3.51. The van der Waals surface area contributed by atoms with Crippen molar-refractivity contribution >= 4 is 10.8 Å². The first-order valence-electron chi connectivity index (χ1n) is 9.37. The van der Waals surface area contributed by atoms with Crippen LogP contribution < -0.4 is 0 Å². The van der Waals surface area contributed by atoms with Crippen molar-refractivity contribution < 1.29 is 9.84 Å². The van der Waals surface area contributed by atoms with Gasteiger partial charge in [0.05, 0.1) is 5.69 Å². The Balaban J connectivity index is 2.00. The van der Waals surface area contributed by atoms with E-state index in [-0.39, 0.29) is 0 Å². The summed E-state index contributed by atoms with van der Waals surface area (Å²) in [5.41, 5.74) is 5.26. The number of nitrogens with zero attached hydrogens (tertiary/aromatic N) is 1. The monoisotopic (exact) mass is 349 g/mol. The van der Waals surface area contributed by atoms with Crippen LogP contribution in [-0.4, -0.2) is 23.3 Å². The van der Waals surface area contributed by atoms with E-state index < -0.39 is 0 Å². The number of phenols is 1. The van der Waals surface area contributed by atoms with Crippen molar-refractivity contribution in [3.05, 3.63) is 59.3 Å². The maximum Gasteiger partial charge on any atom is 0.119 e. The van der Waals surface area contributed by atoms with E-state index in [1.54, 1.807) is 6.07 Å². The number of rotatable bonds is 7. The van der Waals surface area contributed by atoms with Crippen LogP contribution in [0.4, 0.5) is 0 Å². The standard InChI is InChI=1S/C23H27NO2/c1-4-26-14-8-7-9-18-15-24-23(20-11-6-5-10-19(18)20)22-16(2)12-13-21(25)17(22)3/h5-6,10-13,15,25H,4,7-9,14H2,1-3H3. The summed E-state index contributed by atoms with van der Waals surface area (Å²) in [6.45, 7) is 7.65. The first-order chi connectivity index (χ1) is 12.6. The molecule has 3 rings (SSSR count). The molecule has 136 valence electrons. The summed E-state index contributed by atoms with van der Waals surface area (Å²) in [4.78, 5) is 4.81. The van der Waals surface area contributed by atoms with Crippen LogP contribution in [0.1, 0.15) is 36.5 Å². The van der Waals surface area contributed by atoms with Crippen molar-refractivity contribution in [3.63, 3.8) is 0 Å². The third-order valence-corrected chi connectivity index (χ3v) is 4.95. The highest BCUT2D eigenvalue weighted by molar-refractivity contribution is 5.97. The molecule has 0 unspecified atom stereocenters. The Morgan fingerprint density at radius 3 is 2.54 bits per heavy atom. The quantitative estimate of drug-likeness (QED) is 0.566. The highest BCUT2D eigenvalue weighted by Gasteiger charge is 2.15. The lowest BCUT2D eigenvalue weighted by Gasteiger charge is -2.15. The molecule has 0 spiro atoms. The third-order valence-electron chi connectivity index (χ3n) is 4.95. The number of aromatic hydroxyl groups is 1. The Hall–Kier alpha value is -2.39. The van der Waals surface area contributed by atoms with Gasteiger partial charge in [-0.25, -0.2) is 0 Å². The summed E-state index contributed by atoms with van der Waals surface area (Å²) in [7, 11) is 0. The lowest BCUT2D eigenvalue weighted by molar-refractivity contribution is 0.143. The molecular weight excluding hydrogens is 322 g/mol. The average molecular weight is 349 g/mol. The Morgan fingerprint density at radius 1 is 1.00 bits per heavy atom. The maximum atomic E-state index is 10.2. The summed E-state index contributed by atoms with van der Waals surface area (Å²) in [5, 5.41) is 12.6. The van der Waals surface area contributed by atoms with Crippen LogP contribution in [-0.2, 0) is 11.2 Å². The van der Waals surface area contributed by atoms with E-state index in [4.69, 9.17) is 9.72 Å². The molecule has 3 nitrogen and oxygen atoms in total. The number of pyridine rings is 1. The van der Waals surface area contributed by atoms with E-state index in [0.717, 1.165) is 60.2 Å². The van der Waals surface area contributed by atoms with Gasteiger partial charge in [-0.1, -0.05) is 30.3 Å². The summed E-state index contributed by atoms with van der Waals surface area (Å²) >= 11 is 0. The van der Waals surface area contributed by atoms with Gasteiger partial charge in [-0.3, -0.25) is 4.98 Å². The summed E-state index contributed by atoms with van der Waals surface area (Å²) in [6, 6.07) is 12.1. The van der Waals surface area contributed by atoms with E-state index in [1.165, 1.54) is 10.9 Å². The molecule has 1 heterocycles.